The average molecular weight is 329 g/mol. The van der Waals surface area contributed by atoms with E-state index in [1.165, 1.54) is 10.5 Å². The Morgan fingerprint density at radius 3 is 2.41 bits per heavy atom. The number of anilines is 1. The summed E-state index contributed by atoms with van der Waals surface area (Å²) in [6, 6.07) is 19.3. The van der Waals surface area contributed by atoms with Gasteiger partial charge in [0, 0.05) is 4.90 Å². The van der Waals surface area contributed by atoms with E-state index in [4.69, 9.17) is 12.2 Å². The van der Waals surface area contributed by atoms with Crippen LogP contribution in [-0.4, -0.2) is 22.4 Å². The van der Waals surface area contributed by atoms with Gasteiger partial charge in [-0.2, -0.15) is 0 Å². The molecule has 0 radical (unpaired) electrons. The van der Waals surface area contributed by atoms with Crippen LogP contribution in [0.2, 0.25) is 0 Å². The van der Waals surface area contributed by atoms with Crippen LogP contribution in [-0.2, 0) is 0 Å². The number of hydrogen-bond donors (Lipinski definition) is 2. The summed E-state index contributed by atoms with van der Waals surface area (Å²) >= 11 is 7.23. The summed E-state index contributed by atoms with van der Waals surface area (Å²) in [6.07, 6.45) is 2.08. The number of thiocarbonyl (C=S) groups is 1. The molecule has 0 amide bonds. The molecule has 0 aromatic heterocycles. The summed E-state index contributed by atoms with van der Waals surface area (Å²) in [5.74, 6) is 0. The van der Waals surface area contributed by atoms with E-state index in [0.29, 0.717) is 0 Å². The van der Waals surface area contributed by atoms with Crippen molar-refractivity contribution in [3.8, 4) is 0 Å². The van der Waals surface area contributed by atoms with Crippen LogP contribution in [0, 0.1) is 0 Å². The van der Waals surface area contributed by atoms with Gasteiger partial charge in [0.15, 0.2) is 5.11 Å². The van der Waals surface area contributed by atoms with Gasteiger partial charge >= 0.3 is 0 Å². The van der Waals surface area contributed by atoms with Crippen LogP contribution in [0.5, 0.6) is 0 Å². The molecule has 3 rings (SSSR count). The number of hydrazine groups is 1. The lowest BCUT2D eigenvalue weighted by atomic mass is 10.0. The molecule has 0 saturated carbocycles. The Kier molecular flexibility index (Phi) is 4.55. The molecular formula is C17H19N3S2. The van der Waals surface area contributed by atoms with Crippen LogP contribution in [0.25, 0.3) is 0 Å². The van der Waals surface area contributed by atoms with Gasteiger partial charge in [0.2, 0.25) is 0 Å². The Balaban J connectivity index is 1.84. The van der Waals surface area contributed by atoms with Gasteiger partial charge in [-0.3, -0.25) is 10.4 Å². The van der Waals surface area contributed by atoms with Crippen molar-refractivity contribution in [3.63, 3.8) is 0 Å². The summed E-state index contributed by atoms with van der Waals surface area (Å²) in [7, 11) is 0. The van der Waals surface area contributed by atoms with E-state index in [-0.39, 0.29) is 12.1 Å². The second-order valence-corrected chi connectivity index (χ2v) is 6.57. The third-order valence-electron chi connectivity index (χ3n) is 3.80. The van der Waals surface area contributed by atoms with Crippen LogP contribution in [0.4, 0.5) is 5.69 Å². The minimum Gasteiger partial charge on any atom is -0.356 e. The summed E-state index contributed by atoms with van der Waals surface area (Å²) in [6.45, 7) is 2.16. The summed E-state index contributed by atoms with van der Waals surface area (Å²) in [5.41, 5.74) is 5.73. The topological polar surface area (TPSA) is 27.3 Å². The zero-order valence-corrected chi connectivity index (χ0v) is 14.2. The average Bonchev–Trinajstić information content (AvgIpc) is 2.83. The summed E-state index contributed by atoms with van der Waals surface area (Å²) < 4.78 is 0. The molecule has 0 spiro atoms. The maximum atomic E-state index is 5.49. The van der Waals surface area contributed by atoms with Crippen molar-refractivity contribution in [3.05, 3.63) is 60.2 Å². The lowest BCUT2D eigenvalue weighted by molar-refractivity contribution is 0.376. The molecule has 2 aromatic rings. The summed E-state index contributed by atoms with van der Waals surface area (Å²) in [5, 5.41) is 6.13. The third kappa shape index (κ3) is 3.05. The van der Waals surface area contributed by atoms with Crippen molar-refractivity contribution < 1.29 is 0 Å². The SMILES string of the molecule is CSc1ccc(NN2C(=S)NC(C)C2c2ccccc2)cc1. The second kappa shape index (κ2) is 6.58. The predicted molar refractivity (Wildman–Crippen MR) is 98.1 cm³/mol. The minimum absolute atomic E-state index is 0.175. The van der Waals surface area contributed by atoms with Gasteiger partial charge < -0.3 is 5.32 Å². The highest BCUT2D eigenvalue weighted by molar-refractivity contribution is 7.98. The first kappa shape index (κ1) is 15.2. The monoisotopic (exact) mass is 329 g/mol. The minimum atomic E-state index is 0.175. The molecule has 1 fully saturated rings. The number of rotatable bonds is 4. The van der Waals surface area contributed by atoms with Crippen molar-refractivity contribution >= 4 is 34.8 Å². The Labute approximate surface area is 141 Å². The molecule has 114 valence electrons. The highest BCUT2D eigenvalue weighted by atomic mass is 32.2. The van der Waals surface area contributed by atoms with Gasteiger partial charge in [-0.05, 0) is 55.2 Å². The molecule has 1 saturated heterocycles. The standard InChI is InChI=1S/C17H19N3S2/c1-12-16(13-6-4-3-5-7-13)20(17(21)18-12)19-14-8-10-15(22-2)11-9-14/h3-12,16,19H,1-2H3,(H,18,21). The molecule has 2 unspecified atom stereocenters. The normalized spacial score (nSPS) is 20.8. The molecule has 3 nitrogen and oxygen atoms in total. The molecule has 1 aliphatic heterocycles. The zero-order chi connectivity index (χ0) is 15.5. The smallest absolute Gasteiger partial charge is 0.188 e. The van der Waals surface area contributed by atoms with E-state index in [2.05, 4.69) is 72.5 Å². The van der Waals surface area contributed by atoms with Crippen molar-refractivity contribution in [1.82, 2.24) is 10.3 Å². The number of benzene rings is 2. The Hall–Kier alpha value is -1.72. The number of thioether (sulfide) groups is 1. The van der Waals surface area contributed by atoms with Crippen molar-refractivity contribution in [2.75, 3.05) is 11.7 Å². The Morgan fingerprint density at radius 2 is 1.77 bits per heavy atom. The van der Waals surface area contributed by atoms with E-state index in [1.807, 2.05) is 11.1 Å². The fraction of sp³-hybridized carbons (Fsp3) is 0.235. The largest absolute Gasteiger partial charge is 0.356 e. The van der Waals surface area contributed by atoms with Gasteiger partial charge in [-0.1, -0.05) is 30.3 Å². The van der Waals surface area contributed by atoms with Gasteiger partial charge in [0.05, 0.1) is 17.8 Å². The molecule has 1 heterocycles. The molecule has 1 aliphatic rings. The van der Waals surface area contributed by atoms with Crippen molar-refractivity contribution in [1.29, 1.82) is 0 Å². The number of nitrogens with zero attached hydrogens (tertiary/aromatic N) is 1. The van der Waals surface area contributed by atoms with Gasteiger partial charge in [0.25, 0.3) is 0 Å². The highest BCUT2D eigenvalue weighted by Crippen LogP contribution is 2.30. The summed E-state index contributed by atoms with van der Waals surface area (Å²) in [4.78, 5) is 1.25. The Bertz CT molecular complexity index is 643. The molecule has 0 bridgehead atoms. The third-order valence-corrected chi connectivity index (χ3v) is 4.86. The quantitative estimate of drug-likeness (QED) is 0.652. The highest BCUT2D eigenvalue weighted by Gasteiger charge is 2.35. The lowest BCUT2D eigenvalue weighted by Gasteiger charge is -2.28. The van der Waals surface area contributed by atoms with E-state index in [9.17, 15) is 0 Å². The maximum Gasteiger partial charge on any atom is 0.188 e. The first-order valence-electron chi connectivity index (χ1n) is 7.24. The first-order valence-corrected chi connectivity index (χ1v) is 8.87. The van der Waals surface area contributed by atoms with E-state index in [0.717, 1.165) is 10.8 Å². The van der Waals surface area contributed by atoms with Gasteiger partial charge in [-0.25, -0.2) is 0 Å². The van der Waals surface area contributed by atoms with Crippen LogP contribution in [0.1, 0.15) is 18.5 Å². The molecule has 22 heavy (non-hydrogen) atoms. The van der Waals surface area contributed by atoms with Gasteiger partial charge in [0.1, 0.15) is 0 Å². The fourth-order valence-electron chi connectivity index (χ4n) is 2.71. The number of nitrogens with one attached hydrogen (secondary N) is 2. The van der Waals surface area contributed by atoms with Crippen LogP contribution < -0.4 is 10.7 Å². The lowest BCUT2D eigenvalue weighted by Crippen LogP contribution is -2.35. The predicted octanol–water partition coefficient (Wildman–Crippen LogP) is 4.06. The molecule has 5 heteroatoms. The Morgan fingerprint density at radius 1 is 1.09 bits per heavy atom. The van der Waals surface area contributed by atoms with E-state index >= 15 is 0 Å². The molecule has 2 atom stereocenters. The van der Waals surface area contributed by atoms with E-state index < -0.39 is 0 Å². The maximum absolute atomic E-state index is 5.49. The van der Waals surface area contributed by atoms with Crippen LogP contribution >= 0.6 is 24.0 Å². The second-order valence-electron chi connectivity index (χ2n) is 5.30. The molecular weight excluding hydrogens is 310 g/mol. The fourth-order valence-corrected chi connectivity index (χ4v) is 3.46. The first-order chi connectivity index (χ1) is 10.7. The molecule has 2 aromatic carbocycles. The van der Waals surface area contributed by atoms with Gasteiger partial charge in [-0.15, -0.1) is 11.8 Å². The number of hydrogen-bond acceptors (Lipinski definition) is 3. The van der Waals surface area contributed by atoms with E-state index in [1.54, 1.807) is 11.8 Å². The molecule has 0 aliphatic carbocycles. The zero-order valence-electron chi connectivity index (χ0n) is 12.6. The van der Waals surface area contributed by atoms with Crippen LogP contribution in [0.15, 0.2) is 59.5 Å². The van der Waals surface area contributed by atoms with Crippen LogP contribution in [0.3, 0.4) is 0 Å². The van der Waals surface area contributed by atoms with Crippen molar-refractivity contribution in [2.45, 2.75) is 23.9 Å². The van der Waals surface area contributed by atoms with Crippen molar-refractivity contribution in [2.24, 2.45) is 0 Å². The molecule has 2 N–H and O–H groups in total.